The van der Waals surface area contributed by atoms with Gasteiger partial charge in [-0.25, -0.2) is 8.42 Å². The molecule has 1 aliphatic carbocycles. The molecular formula is C34H41N3O3S. The molecule has 1 amide bonds. The first-order valence-electron chi connectivity index (χ1n) is 15.6. The van der Waals surface area contributed by atoms with Crippen molar-refractivity contribution < 1.29 is 13.2 Å². The molecular weight excluding hydrogens is 530 g/mol. The summed E-state index contributed by atoms with van der Waals surface area (Å²) in [5.41, 5.74) is 3.08. The molecule has 1 saturated carbocycles. The second-order valence-electron chi connectivity index (χ2n) is 12.8. The lowest BCUT2D eigenvalue weighted by atomic mass is 9.66. The zero-order chi connectivity index (χ0) is 28.0. The molecule has 0 bridgehead atoms. The van der Waals surface area contributed by atoms with Crippen LogP contribution < -0.4 is 4.31 Å². The molecule has 216 valence electrons. The van der Waals surface area contributed by atoms with Gasteiger partial charge in [0, 0.05) is 31.1 Å². The normalized spacial score (nSPS) is 21.6. The van der Waals surface area contributed by atoms with Crippen LogP contribution in [-0.2, 0) is 27.7 Å². The van der Waals surface area contributed by atoms with Crippen LogP contribution in [0.15, 0.2) is 65.6 Å². The number of anilines is 1. The van der Waals surface area contributed by atoms with E-state index in [1.54, 1.807) is 10.4 Å². The van der Waals surface area contributed by atoms with Crippen LogP contribution in [0.3, 0.4) is 0 Å². The number of sulfonamides is 1. The lowest BCUT2D eigenvalue weighted by Crippen LogP contribution is -2.50. The van der Waals surface area contributed by atoms with Crippen molar-refractivity contribution in [3.8, 4) is 0 Å². The van der Waals surface area contributed by atoms with Gasteiger partial charge in [0.25, 0.3) is 10.0 Å². The number of benzene rings is 3. The standard InChI is InChI=1S/C34H41N3O3S/c38-33(36-22-17-34(18-23-36)15-13-29(14-16-34)35-19-5-20-35)25-26-11-12-28-8-4-21-37(31(28)24-26)41(39,40)32-10-3-7-27-6-1-2-9-30(27)32/h1-3,6-7,9-12,24,29H,4-5,8,13-23,25H2. The number of hydrogen-bond donors (Lipinski definition) is 0. The Morgan fingerprint density at radius 2 is 1.59 bits per heavy atom. The van der Waals surface area contributed by atoms with E-state index < -0.39 is 10.0 Å². The van der Waals surface area contributed by atoms with Crippen molar-refractivity contribution in [1.29, 1.82) is 0 Å². The number of likely N-dealkylation sites (tertiary alicyclic amines) is 2. The number of amides is 1. The number of fused-ring (bicyclic) bond motifs is 2. The zero-order valence-corrected chi connectivity index (χ0v) is 24.7. The number of aryl methyl sites for hydroxylation is 1. The van der Waals surface area contributed by atoms with Crippen LogP contribution in [0.5, 0.6) is 0 Å². The van der Waals surface area contributed by atoms with E-state index >= 15 is 0 Å². The molecule has 4 aliphatic rings. The lowest BCUT2D eigenvalue weighted by molar-refractivity contribution is -0.133. The largest absolute Gasteiger partial charge is 0.342 e. The maximum Gasteiger partial charge on any atom is 0.264 e. The van der Waals surface area contributed by atoms with Crippen molar-refractivity contribution in [2.75, 3.05) is 37.0 Å². The SMILES string of the molecule is O=C(Cc1ccc2c(c1)N(S(=O)(=O)c1cccc3ccccc13)CCC2)N1CCC2(CCC(N3CCC3)CC2)CC1. The summed E-state index contributed by atoms with van der Waals surface area (Å²) in [5, 5.41) is 1.66. The minimum atomic E-state index is -3.76. The van der Waals surface area contributed by atoms with Gasteiger partial charge in [-0.15, -0.1) is 0 Å². The van der Waals surface area contributed by atoms with E-state index in [4.69, 9.17) is 0 Å². The molecule has 2 saturated heterocycles. The van der Waals surface area contributed by atoms with Gasteiger partial charge < -0.3 is 9.80 Å². The van der Waals surface area contributed by atoms with Gasteiger partial charge in [-0.2, -0.15) is 0 Å². The summed E-state index contributed by atoms with van der Waals surface area (Å²) in [4.78, 5) is 18.5. The highest BCUT2D eigenvalue weighted by Gasteiger charge is 2.41. The molecule has 6 nitrogen and oxygen atoms in total. The summed E-state index contributed by atoms with van der Waals surface area (Å²) in [6.45, 7) is 4.72. The third-order valence-corrected chi connectivity index (χ3v) is 12.4. The minimum Gasteiger partial charge on any atom is -0.342 e. The second-order valence-corrected chi connectivity index (χ2v) is 14.6. The number of carbonyl (C=O) groups is 1. The van der Waals surface area contributed by atoms with E-state index in [-0.39, 0.29) is 5.91 Å². The Morgan fingerprint density at radius 1 is 0.829 bits per heavy atom. The zero-order valence-electron chi connectivity index (χ0n) is 23.9. The predicted molar refractivity (Wildman–Crippen MR) is 164 cm³/mol. The van der Waals surface area contributed by atoms with E-state index in [9.17, 15) is 13.2 Å². The summed E-state index contributed by atoms with van der Waals surface area (Å²) in [6, 6.07) is 19.9. The van der Waals surface area contributed by atoms with Crippen LogP contribution in [0.4, 0.5) is 5.69 Å². The summed E-state index contributed by atoms with van der Waals surface area (Å²) in [5.74, 6) is 0.160. The molecule has 3 aromatic carbocycles. The van der Waals surface area contributed by atoms with E-state index in [0.29, 0.717) is 23.3 Å². The number of hydrogen-bond acceptors (Lipinski definition) is 4. The van der Waals surface area contributed by atoms with Crippen LogP contribution in [0.2, 0.25) is 0 Å². The van der Waals surface area contributed by atoms with E-state index in [1.807, 2.05) is 54.6 Å². The fourth-order valence-electron chi connectivity index (χ4n) is 7.79. The molecule has 3 fully saturated rings. The van der Waals surface area contributed by atoms with Crippen LogP contribution in [0.1, 0.15) is 62.5 Å². The van der Waals surface area contributed by atoms with Crippen molar-refractivity contribution in [2.24, 2.45) is 5.41 Å². The Bertz CT molecular complexity index is 1540. The fourth-order valence-corrected chi connectivity index (χ4v) is 9.54. The molecule has 0 N–H and O–H groups in total. The number of nitrogens with zero attached hydrogens (tertiary/aromatic N) is 3. The minimum absolute atomic E-state index is 0.160. The average molecular weight is 572 g/mol. The van der Waals surface area contributed by atoms with Gasteiger partial charge in [-0.05, 0) is 105 Å². The molecule has 3 aliphatic heterocycles. The van der Waals surface area contributed by atoms with Gasteiger partial charge in [0.05, 0.1) is 17.0 Å². The van der Waals surface area contributed by atoms with Gasteiger partial charge in [-0.1, -0.05) is 48.5 Å². The first kappa shape index (κ1) is 27.0. The third kappa shape index (κ3) is 5.05. The quantitative estimate of drug-likeness (QED) is 0.390. The Morgan fingerprint density at radius 3 is 2.34 bits per heavy atom. The van der Waals surface area contributed by atoms with Crippen molar-refractivity contribution in [3.63, 3.8) is 0 Å². The van der Waals surface area contributed by atoms with Crippen LogP contribution in [-0.4, -0.2) is 62.9 Å². The summed E-state index contributed by atoms with van der Waals surface area (Å²) in [7, 11) is -3.76. The average Bonchev–Trinajstić information content (AvgIpc) is 2.97. The molecule has 0 radical (unpaired) electrons. The van der Waals surface area contributed by atoms with Crippen LogP contribution in [0, 0.1) is 5.41 Å². The van der Waals surface area contributed by atoms with Gasteiger partial charge in [0.2, 0.25) is 5.91 Å². The fraction of sp³-hybridized carbons (Fsp3) is 0.500. The number of piperidine rings is 1. The van der Waals surface area contributed by atoms with Crippen molar-refractivity contribution >= 4 is 32.4 Å². The molecule has 0 aromatic heterocycles. The first-order chi connectivity index (χ1) is 19.9. The molecule has 0 unspecified atom stereocenters. The topological polar surface area (TPSA) is 60.9 Å². The summed E-state index contributed by atoms with van der Waals surface area (Å²) >= 11 is 0. The van der Waals surface area contributed by atoms with Gasteiger partial charge in [0.15, 0.2) is 0 Å². The van der Waals surface area contributed by atoms with Gasteiger partial charge in [-0.3, -0.25) is 9.10 Å². The second kappa shape index (κ2) is 10.7. The van der Waals surface area contributed by atoms with E-state index in [0.717, 1.165) is 72.4 Å². The molecule has 7 rings (SSSR count). The van der Waals surface area contributed by atoms with Gasteiger partial charge >= 0.3 is 0 Å². The monoisotopic (exact) mass is 571 g/mol. The third-order valence-electron chi connectivity index (χ3n) is 10.5. The Hall–Kier alpha value is -2.90. The summed E-state index contributed by atoms with van der Waals surface area (Å²) in [6.07, 6.45) is 10.8. The maximum absolute atomic E-state index is 14.0. The van der Waals surface area contributed by atoms with E-state index in [1.165, 1.54) is 45.2 Å². The molecule has 3 aromatic rings. The number of rotatable bonds is 5. The van der Waals surface area contributed by atoms with Crippen LogP contribution in [0.25, 0.3) is 10.8 Å². The number of carbonyl (C=O) groups excluding carboxylic acids is 1. The molecule has 41 heavy (non-hydrogen) atoms. The highest BCUT2D eigenvalue weighted by atomic mass is 32.2. The highest BCUT2D eigenvalue weighted by molar-refractivity contribution is 7.93. The predicted octanol–water partition coefficient (Wildman–Crippen LogP) is 5.78. The van der Waals surface area contributed by atoms with Crippen molar-refractivity contribution in [3.05, 3.63) is 71.8 Å². The van der Waals surface area contributed by atoms with Gasteiger partial charge in [0.1, 0.15) is 0 Å². The Balaban J connectivity index is 1.04. The molecule has 1 spiro atoms. The summed E-state index contributed by atoms with van der Waals surface area (Å²) < 4.78 is 29.6. The highest BCUT2D eigenvalue weighted by Crippen LogP contribution is 2.46. The molecule has 7 heteroatoms. The smallest absolute Gasteiger partial charge is 0.264 e. The first-order valence-corrected chi connectivity index (χ1v) is 17.0. The maximum atomic E-state index is 14.0. The molecule has 0 atom stereocenters. The Labute approximate surface area is 244 Å². The molecule has 3 heterocycles. The van der Waals surface area contributed by atoms with E-state index in [2.05, 4.69) is 9.80 Å². The van der Waals surface area contributed by atoms with Crippen molar-refractivity contribution in [2.45, 2.75) is 75.1 Å². The lowest BCUT2D eigenvalue weighted by Gasteiger charge is -2.49. The van der Waals surface area contributed by atoms with Crippen molar-refractivity contribution in [1.82, 2.24) is 9.80 Å². The van der Waals surface area contributed by atoms with Crippen LogP contribution >= 0.6 is 0 Å². The Kier molecular flexibility index (Phi) is 7.06.